The molecule has 3 heteroatoms. The summed E-state index contributed by atoms with van der Waals surface area (Å²) in [4.78, 5) is 11.1. The Balaban J connectivity index is 2.05. The molecule has 0 fully saturated rings. The first-order valence-corrected chi connectivity index (χ1v) is 4.97. The molecule has 1 amide bonds. The summed E-state index contributed by atoms with van der Waals surface area (Å²) in [5, 5.41) is 2.73. The molecule has 1 aromatic carbocycles. The second-order valence-corrected chi connectivity index (χ2v) is 3.47. The zero-order valence-corrected chi connectivity index (χ0v) is 8.40. The normalized spacial score (nSPS) is 18.5. The zero-order valence-electron chi connectivity index (χ0n) is 8.40. The van der Waals surface area contributed by atoms with E-state index in [1.165, 1.54) is 11.6 Å². The van der Waals surface area contributed by atoms with E-state index >= 15 is 0 Å². The zero-order chi connectivity index (χ0) is 10.7. The first-order chi connectivity index (χ1) is 7.29. The molecule has 1 N–H and O–H groups in total. The monoisotopic (exact) mass is 203 g/mol. The number of carbonyl (C=O) groups excluding carboxylic acids is 1. The fourth-order valence-electron chi connectivity index (χ4n) is 1.64. The van der Waals surface area contributed by atoms with Crippen LogP contribution in [-0.4, -0.2) is 12.1 Å². The number of amides is 1. The first kappa shape index (κ1) is 9.77. The lowest BCUT2D eigenvalue weighted by Crippen LogP contribution is -2.40. The van der Waals surface area contributed by atoms with Crippen molar-refractivity contribution in [3.05, 3.63) is 42.5 Å². The van der Waals surface area contributed by atoms with E-state index in [-0.39, 0.29) is 12.1 Å². The SMILES string of the molecule is C=CC(=O)NC1CCc2ccccc2O1. The van der Waals surface area contributed by atoms with Gasteiger partial charge >= 0.3 is 0 Å². The molecular formula is C12H13NO2. The quantitative estimate of drug-likeness (QED) is 0.742. The fraction of sp³-hybridized carbons (Fsp3) is 0.250. The van der Waals surface area contributed by atoms with Gasteiger partial charge in [-0.05, 0) is 24.1 Å². The maximum atomic E-state index is 11.1. The minimum atomic E-state index is -0.231. The van der Waals surface area contributed by atoms with Crippen molar-refractivity contribution in [1.29, 1.82) is 0 Å². The summed E-state index contributed by atoms with van der Waals surface area (Å²) in [7, 11) is 0. The largest absolute Gasteiger partial charge is 0.470 e. The number of aryl methyl sites for hydroxylation is 1. The summed E-state index contributed by atoms with van der Waals surface area (Å²) in [6.07, 6.45) is 2.75. The number of fused-ring (bicyclic) bond motifs is 1. The molecule has 1 atom stereocenters. The van der Waals surface area contributed by atoms with E-state index < -0.39 is 0 Å². The highest BCUT2D eigenvalue weighted by Gasteiger charge is 2.19. The van der Waals surface area contributed by atoms with Gasteiger partial charge in [-0.3, -0.25) is 4.79 Å². The van der Waals surface area contributed by atoms with Gasteiger partial charge in [0.2, 0.25) is 5.91 Å². The average Bonchev–Trinajstić information content (AvgIpc) is 2.29. The van der Waals surface area contributed by atoms with Crippen LogP contribution in [-0.2, 0) is 11.2 Å². The molecule has 0 aliphatic carbocycles. The summed E-state index contributed by atoms with van der Waals surface area (Å²) in [6, 6.07) is 7.88. The van der Waals surface area contributed by atoms with E-state index in [1.807, 2.05) is 24.3 Å². The average molecular weight is 203 g/mol. The molecular weight excluding hydrogens is 190 g/mol. The number of carbonyl (C=O) groups is 1. The van der Waals surface area contributed by atoms with Crippen molar-refractivity contribution >= 4 is 5.91 Å². The predicted octanol–water partition coefficient (Wildman–Crippen LogP) is 1.64. The highest BCUT2D eigenvalue weighted by Crippen LogP contribution is 2.25. The Morgan fingerprint density at radius 3 is 3.13 bits per heavy atom. The van der Waals surface area contributed by atoms with E-state index in [9.17, 15) is 4.79 Å². The second kappa shape index (κ2) is 4.17. The summed E-state index contributed by atoms with van der Waals surface area (Å²) in [6.45, 7) is 3.40. The molecule has 0 saturated heterocycles. The Morgan fingerprint density at radius 2 is 2.33 bits per heavy atom. The van der Waals surface area contributed by atoms with E-state index in [0.29, 0.717) is 0 Å². The van der Waals surface area contributed by atoms with Gasteiger partial charge in [0.25, 0.3) is 0 Å². The van der Waals surface area contributed by atoms with Crippen molar-refractivity contribution < 1.29 is 9.53 Å². The van der Waals surface area contributed by atoms with Gasteiger partial charge < -0.3 is 10.1 Å². The van der Waals surface area contributed by atoms with Crippen LogP contribution in [0, 0.1) is 0 Å². The first-order valence-electron chi connectivity index (χ1n) is 4.97. The van der Waals surface area contributed by atoms with Crippen molar-refractivity contribution in [3.63, 3.8) is 0 Å². The second-order valence-electron chi connectivity index (χ2n) is 3.47. The maximum absolute atomic E-state index is 11.1. The smallest absolute Gasteiger partial charge is 0.246 e. The Labute approximate surface area is 88.8 Å². The molecule has 1 aliphatic heterocycles. The molecule has 2 rings (SSSR count). The number of para-hydroxylation sites is 1. The van der Waals surface area contributed by atoms with Crippen molar-refractivity contribution in [1.82, 2.24) is 5.32 Å². The lowest BCUT2D eigenvalue weighted by Gasteiger charge is -2.26. The van der Waals surface area contributed by atoms with Crippen LogP contribution in [0.4, 0.5) is 0 Å². The third-order valence-electron chi connectivity index (χ3n) is 2.41. The van der Waals surface area contributed by atoms with Gasteiger partial charge in [0.05, 0.1) is 0 Å². The van der Waals surface area contributed by atoms with Crippen molar-refractivity contribution in [3.8, 4) is 5.75 Å². The number of ether oxygens (including phenoxy) is 1. The van der Waals surface area contributed by atoms with E-state index in [2.05, 4.69) is 11.9 Å². The van der Waals surface area contributed by atoms with Crippen LogP contribution < -0.4 is 10.1 Å². The summed E-state index contributed by atoms with van der Waals surface area (Å²) >= 11 is 0. The number of nitrogens with one attached hydrogen (secondary N) is 1. The van der Waals surface area contributed by atoms with Crippen molar-refractivity contribution in [2.45, 2.75) is 19.1 Å². The molecule has 0 saturated carbocycles. The van der Waals surface area contributed by atoms with E-state index in [4.69, 9.17) is 4.74 Å². The summed E-state index contributed by atoms with van der Waals surface area (Å²) in [5.74, 6) is 0.664. The Morgan fingerprint density at radius 1 is 1.53 bits per heavy atom. The standard InChI is InChI=1S/C12H13NO2/c1-2-11(14)13-12-8-7-9-5-3-4-6-10(9)15-12/h2-6,12H,1,7-8H2,(H,13,14). The van der Waals surface area contributed by atoms with Gasteiger partial charge in [-0.2, -0.15) is 0 Å². The van der Waals surface area contributed by atoms with Crippen LogP contribution in [0.5, 0.6) is 5.75 Å². The Kier molecular flexibility index (Phi) is 2.72. The minimum absolute atomic E-state index is 0.195. The van der Waals surface area contributed by atoms with Gasteiger partial charge in [-0.25, -0.2) is 0 Å². The molecule has 78 valence electrons. The Bertz CT molecular complexity index is 387. The third-order valence-corrected chi connectivity index (χ3v) is 2.41. The van der Waals surface area contributed by atoms with Gasteiger partial charge in [-0.15, -0.1) is 0 Å². The molecule has 1 aromatic rings. The molecule has 0 spiro atoms. The molecule has 1 aliphatic rings. The summed E-state index contributed by atoms with van der Waals surface area (Å²) < 4.78 is 5.62. The van der Waals surface area contributed by atoms with E-state index in [1.54, 1.807) is 0 Å². The predicted molar refractivity (Wildman–Crippen MR) is 57.5 cm³/mol. The van der Waals surface area contributed by atoms with Gasteiger partial charge in [0, 0.05) is 6.42 Å². The highest BCUT2D eigenvalue weighted by molar-refractivity contribution is 5.87. The number of hydrogen-bond donors (Lipinski definition) is 1. The van der Waals surface area contributed by atoms with Crippen LogP contribution >= 0.6 is 0 Å². The van der Waals surface area contributed by atoms with Crippen LogP contribution in [0.1, 0.15) is 12.0 Å². The van der Waals surface area contributed by atoms with Crippen molar-refractivity contribution in [2.75, 3.05) is 0 Å². The number of benzene rings is 1. The molecule has 0 aromatic heterocycles. The lowest BCUT2D eigenvalue weighted by molar-refractivity contribution is -0.119. The van der Waals surface area contributed by atoms with Crippen LogP contribution in [0.25, 0.3) is 0 Å². The maximum Gasteiger partial charge on any atom is 0.246 e. The van der Waals surface area contributed by atoms with Crippen LogP contribution in [0.3, 0.4) is 0 Å². The molecule has 1 heterocycles. The summed E-state index contributed by atoms with van der Waals surface area (Å²) in [5.41, 5.74) is 1.20. The van der Waals surface area contributed by atoms with Crippen LogP contribution in [0.15, 0.2) is 36.9 Å². The molecule has 1 unspecified atom stereocenters. The van der Waals surface area contributed by atoms with Gasteiger partial charge in [0.15, 0.2) is 6.23 Å². The molecule has 0 bridgehead atoms. The fourth-order valence-corrected chi connectivity index (χ4v) is 1.64. The molecule has 0 radical (unpaired) electrons. The third kappa shape index (κ3) is 2.18. The molecule has 3 nitrogen and oxygen atoms in total. The van der Waals surface area contributed by atoms with Gasteiger partial charge in [-0.1, -0.05) is 24.8 Å². The highest BCUT2D eigenvalue weighted by atomic mass is 16.5. The van der Waals surface area contributed by atoms with Gasteiger partial charge in [0.1, 0.15) is 5.75 Å². The number of hydrogen-bond acceptors (Lipinski definition) is 2. The minimum Gasteiger partial charge on any atom is -0.470 e. The number of rotatable bonds is 2. The molecule has 15 heavy (non-hydrogen) atoms. The van der Waals surface area contributed by atoms with Crippen molar-refractivity contribution in [2.24, 2.45) is 0 Å². The topological polar surface area (TPSA) is 38.3 Å². The lowest BCUT2D eigenvalue weighted by atomic mass is 10.1. The van der Waals surface area contributed by atoms with E-state index in [0.717, 1.165) is 18.6 Å². The van der Waals surface area contributed by atoms with Crippen LogP contribution in [0.2, 0.25) is 0 Å². The Hall–Kier alpha value is -1.77.